The lowest BCUT2D eigenvalue weighted by atomic mass is 10.1. The summed E-state index contributed by atoms with van der Waals surface area (Å²) in [5.41, 5.74) is 4.15. The Bertz CT molecular complexity index is 1010. The Labute approximate surface area is 157 Å². The number of methoxy groups -OCH3 is 1. The first-order chi connectivity index (χ1) is 13.2. The highest BCUT2D eigenvalue weighted by Gasteiger charge is 2.13. The maximum Gasteiger partial charge on any atom is 0.164 e. The number of benzene rings is 3. The standard InChI is InChI=1S/C23H18N2O2/c1-27-18-12-13-19(22(26)14-18)23-24-20(16-8-4-2-5-9-16)15-21(25-23)17-10-6-3-7-11-17/h2-15,26H,1H3. The van der Waals surface area contributed by atoms with Crippen LogP contribution >= 0.6 is 0 Å². The first-order valence-electron chi connectivity index (χ1n) is 8.62. The molecule has 1 aromatic heterocycles. The fraction of sp³-hybridized carbons (Fsp3) is 0.0435. The van der Waals surface area contributed by atoms with E-state index in [1.54, 1.807) is 25.3 Å². The number of hydrogen-bond acceptors (Lipinski definition) is 4. The number of hydrogen-bond donors (Lipinski definition) is 1. The third-order valence-electron chi connectivity index (χ3n) is 4.31. The summed E-state index contributed by atoms with van der Waals surface area (Å²) in [6.07, 6.45) is 0. The van der Waals surface area contributed by atoms with Crippen LogP contribution in [0.15, 0.2) is 84.9 Å². The van der Waals surface area contributed by atoms with Crippen molar-refractivity contribution in [2.24, 2.45) is 0 Å². The minimum Gasteiger partial charge on any atom is -0.507 e. The number of phenolic OH excluding ortho intramolecular Hbond substituents is 1. The molecule has 0 unspecified atom stereocenters. The van der Waals surface area contributed by atoms with Gasteiger partial charge in [0.2, 0.25) is 0 Å². The van der Waals surface area contributed by atoms with Gasteiger partial charge in [-0.25, -0.2) is 9.97 Å². The molecule has 0 bridgehead atoms. The van der Waals surface area contributed by atoms with Gasteiger partial charge in [0.05, 0.1) is 24.1 Å². The molecule has 1 N–H and O–H groups in total. The van der Waals surface area contributed by atoms with Gasteiger partial charge in [0, 0.05) is 17.2 Å². The van der Waals surface area contributed by atoms with E-state index >= 15 is 0 Å². The fourth-order valence-electron chi connectivity index (χ4n) is 2.91. The van der Waals surface area contributed by atoms with Crippen molar-refractivity contribution >= 4 is 0 Å². The molecule has 0 saturated carbocycles. The second-order valence-electron chi connectivity index (χ2n) is 6.08. The van der Waals surface area contributed by atoms with E-state index in [-0.39, 0.29) is 5.75 Å². The summed E-state index contributed by atoms with van der Waals surface area (Å²) in [5, 5.41) is 10.4. The first-order valence-corrected chi connectivity index (χ1v) is 8.62. The largest absolute Gasteiger partial charge is 0.507 e. The molecule has 0 atom stereocenters. The number of phenols is 1. The summed E-state index contributed by atoms with van der Waals surface area (Å²) in [6.45, 7) is 0. The Hall–Kier alpha value is -3.66. The van der Waals surface area contributed by atoms with Crippen LogP contribution in [-0.4, -0.2) is 22.2 Å². The van der Waals surface area contributed by atoms with Gasteiger partial charge in [0.15, 0.2) is 5.82 Å². The molecule has 132 valence electrons. The summed E-state index contributed by atoms with van der Waals surface area (Å²) >= 11 is 0. The van der Waals surface area contributed by atoms with Gasteiger partial charge in [-0.1, -0.05) is 60.7 Å². The van der Waals surface area contributed by atoms with Crippen molar-refractivity contribution in [1.29, 1.82) is 0 Å². The molecule has 4 aromatic rings. The summed E-state index contributed by atoms with van der Waals surface area (Å²) < 4.78 is 5.17. The van der Waals surface area contributed by atoms with Crippen LogP contribution in [-0.2, 0) is 0 Å². The molecular weight excluding hydrogens is 336 g/mol. The van der Waals surface area contributed by atoms with Crippen molar-refractivity contribution in [3.8, 4) is 45.4 Å². The number of rotatable bonds is 4. The number of nitrogens with zero attached hydrogens (tertiary/aromatic N) is 2. The van der Waals surface area contributed by atoms with Gasteiger partial charge in [-0.05, 0) is 18.2 Å². The van der Waals surface area contributed by atoms with E-state index in [0.717, 1.165) is 22.5 Å². The van der Waals surface area contributed by atoms with Crippen LogP contribution in [0, 0.1) is 0 Å². The van der Waals surface area contributed by atoms with Crippen molar-refractivity contribution < 1.29 is 9.84 Å². The van der Waals surface area contributed by atoms with Crippen LogP contribution in [0.1, 0.15) is 0 Å². The van der Waals surface area contributed by atoms with E-state index in [9.17, 15) is 5.11 Å². The molecule has 0 saturated heterocycles. The molecular formula is C23H18N2O2. The van der Waals surface area contributed by atoms with Gasteiger partial charge >= 0.3 is 0 Å². The maximum atomic E-state index is 10.4. The molecule has 4 rings (SSSR count). The molecule has 0 aliphatic carbocycles. The van der Waals surface area contributed by atoms with E-state index in [4.69, 9.17) is 14.7 Å². The van der Waals surface area contributed by atoms with E-state index in [2.05, 4.69) is 0 Å². The highest BCUT2D eigenvalue weighted by molar-refractivity contribution is 5.73. The molecule has 27 heavy (non-hydrogen) atoms. The maximum absolute atomic E-state index is 10.4. The molecule has 0 spiro atoms. The zero-order valence-electron chi connectivity index (χ0n) is 14.8. The van der Waals surface area contributed by atoms with Crippen LogP contribution in [0.25, 0.3) is 33.9 Å². The Morgan fingerprint density at radius 3 is 1.74 bits per heavy atom. The molecule has 3 aromatic carbocycles. The molecule has 0 aliphatic heterocycles. The third kappa shape index (κ3) is 3.51. The second-order valence-corrected chi connectivity index (χ2v) is 6.08. The monoisotopic (exact) mass is 354 g/mol. The summed E-state index contributed by atoms with van der Waals surface area (Å²) in [4.78, 5) is 9.41. The summed E-state index contributed by atoms with van der Waals surface area (Å²) in [6, 6.07) is 27.0. The lowest BCUT2D eigenvalue weighted by Gasteiger charge is -2.11. The van der Waals surface area contributed by atoms with Gasteiger partial charge in [0.25, 0.3) is 0 Å². The molecule has 0 fully saturated rings. The zero-order chi connectivity index (χ0) is 18.6. The van der Waals surface area contributed by atoms with Gasteiger partial charge in [-0.15, -0.1) is 0 Å². The lowest BCUT2D eigenvalue weighted by molar-refractivity contribution is 0.408. The Morgan fingerprint density at radius 1 is 0.704 bits per heavy atom. The quantitative estimate of drug-likeness (QED) is 0.548. The number of aromatic hydroxyl groups is 1. The minimum atomic E-state index is 0.0820. The van der Waals surface area contributed by atoms with Crippen LogP contribution in [0.2, 0.25) is 0 Å². The average Bonchev–Trinajstić information content (AvgIpc) is 2.74. The predicted molar refractivity (Wildman–Crippen MR) is 107 cm³/mol. The van der Waals surface area contributed by atoms with Crippen molar-refractivity contribution in [1.82, 2.24) is 9.97 Å². The molecule has 0 radical (unpaired) electrons. The van der Waals surface area contributed by atoms with E-state index in [1.165, 1.54) is 0 Å². The van der Waals surface area contributed by atoms with E-state index < -0.39 is 0 Å². The van der Waals surface area contributed by atoms with Gasteiger partial charge in [-0.3, -0.25) is 0 Å². The van der Waals surface area contributed by atoms with Crippen LogP contribution in [0.5, 0.6) is 11.5 Å². The SMILES string of the molecule is COc1ccc(-c2nc(-c3ccccc3)cc(-c3ccccc3)n2)c(O)c1. The number of ether oxygens (including phenoxy) is 1. The Morgan fingerprint density at radius 2 is 1.26 bits per heavy atom. The van der Waals surface area contributed by atoms with Crippen molar-refractivity contribution in [2.45, 2.75) is 0 Å². The highest BCUT2D eigenvalue weighted by Crippen LogP contribution is 2.33. The second kappa shape index (κ2) is 7.30. The van der Waals surface area contributed by atoms with Crippen molar-refractivity contribution in [3.05, 3.63) is 84.9 Å². The topological polar surface area (TPSA) is 55.2 Å². The molecule has 0 aliphatic rings. The third-order valence-corrected chi connectivity index (χ3v) is 4.31. The van der Waals surface area contributed by atoms with Crippen molar-refractivity contribution in [3.63, 3.8) is 0 Å². The van der Waals surface area contributed by atoms with Crippen LogP contribution in [0.4, 0.5) is 0 Å². The molecule has 4 heteroatoms. The molecule has 1 heterocycles. The Balaban J connectivity index is 1.91. The van der Waals surface area contributed by atoms with Crippen LogP contribution in [0.3, 0.4) is 0 Å². The normalized spacial score (nSPS) is 10.6. The summed E-state index contributed by atoms with van der Waals surface area (Å²) in [7, 11) is 1.56. The Kier molecular flexibility index (Phi) is 4.54. The minimum absolute atomic E-state index is 0.0820. The van der Waals surface area contributed by atoms with Gasteiger partial charge in [0.1, 0.15) is 11.5 Å². The van der Waals surface area contributed by atoms with Gasteiger partial charge in [-0.2, -0.15) is 0 Å². The molecule has 4 nitrogen and oxygen atoms in total. The van der Waals surface area contributed by atoms with Crippen LogP contribution < -0.4 is 4.74 Å². The zero-order valence-corrected chi connectivity index (χ0v) is 14.8. The van der Waals surface area contributed by atoms with E-state index in [1.807, 2.05) is 66.7 Å². The highest BCUT2D eigenvalue weighted by atomic mass is 16.5. The fourth-order valence-corrected chi connectivity index (χ4v) is 2.91. The lowest BCUT2D eigenvalue weighted by Crippen LogP contribution is -1.96. The van der Waals surface area contributed by atoms with E-state index in [0.29, 0.717) is 17.1 Å². The predicted octanol–water partition coefficient (Wildman–Crippen LogP) is 5.19. The molecule has 0 amide bonds. The first kappa shape index (κ1) is 16.8. The average molecular weight is 354 g/mol. The summed E-state index contributed by atoms with van der Waals surface area (Å²) in [5.74, 6) is 1.13. The van der Waals surface area contributed by atoms with Gasteiger partial charge < -0.3 is 9.84 Å². The van der Waals surface area contributed by atoms with Crippen molar-refractivity contribution in [2.75, 3.05) is 7.11 Å². The smallest absolute Gasteiger partial charge is 0.164 e. The number of aromatic nitrogens is 2.